The summed E-state index contributed by atoms with van der Waals surface area (Å²) in [5.41, 5.74) is 0.399. The molecule has 0 aromatic heterocycles. The number of benzene rings is 1. The topological polar surface area (TPSA) is 286 Å². The number of carbonyl (C=O) groups excluding carboxylic acids is 6. The molecule has 0 heterocycles. The number of hydrogen-bond acceptors (Lipinski definition) is 11. The van der Waals surface area contributed by atoms with Gasteiger partial charge >= 0.3 is 13.1 Å². The first-order chi connectivity index (χ1) is 25.7. The summed E-state index contributed by atoms with van der Waals surface area (Å²) >= 11 is 0. The average molecular weight is 811 g/mol. The maximum Gasteiger partial charge on any atom is 0.475 e. The van der Waals surface area contributed by atoms with E-state index in [2.05, 4.69) is 31.9 Å². The SMILES string of the molecule is CC[C@H](NC(=O)[C@H](CC(C)C)NC(=O)[C@@H](NC(=O)[C@H](Cc1ccccc1C)NC(=O)[C@H](CCS(C)(=O)=O)NC(=O)[C@H](CC(=O)O)NC(C)=O)C(C)(C)C)B(O)O. The second-order valence-electron chi connectivity index (χ2n) is 15.5. The zero-order valence-corrected chi connectivity index (χ0v) is 34.4. The maximum absolute atomic E-state index is 14.2. The normalized spacial score (nSPS) is 14.9. The minimum absolute atomic E-state index is 0.0876. The largest absolute Gasteiger partial charge is 0.481 e. The van der Waals surface area contributed by atoms with E-state index in [1.807, 2.05) is 13.8 Å². The first kappa shape index (κ1) is 49.5. The molecule has 1 aromatic carbocycles. The zero-order chi connectivity index (χ0) is 43.1. The molecule has 0 spiro atoms. The van der Waals surface area contributed by atoms with Gasteiger partial charge in [0, 0.05) is 19.6 Å². The molecule has 0 unspecified atom stereocenters. The van der Waals surface area contributed by atoms with Crippen LogP contribution in [0.5, 0.6) is 0 Å². The molecule has 314 valence electrons. The van der Waals surface area contributed by atoms with E-state index >= 15 is 0 Å². The number of carboxylic acid groups (broad SMARTS) is 1. The highest BCUT2D eigenvalue weighted by atomic mass is 32.2. The summed E-state index contributed by atoms with van der Waals surface area (Å²) < 4.78 is 24.2. The van der Waals surface area contributed by atoms with Gasteiger partial charge in [0.2, 0.25) is 35.4 Å². The number of rotatable bonds is 22. The smallest absolute Gasteiger partial charge is 0.475 e. The lowest BCUT2D eigenvalue weighted by Crippen LogP contribution is -2.62. The van der Waals surface area contributed by atoms with Gasteiger partial charge in [-0.05, 0) is 48.6 Å². The van der Waals surface area contributed by atoms with Crippen molar-refractivity contribution in [3.05, 3.63) is 35.4 Å². The number of amides is 6. The molecule has 0 radical (unpaired) electrons. The Bertz CT molecular complexity index is 1650. The molecular weight excluding hydrogens is 751 g/mol. The Balaban J connectivity index is 3.58. The lowest BCUT2D eigenvalue weighted by atomic mass is 9.77. The van der Waals surface area contributed by atoms with E-state index in [4.69, 9.17) is 0 Å². The fraction of sp³-hybridized carbons (Fsp3) is 0.639. The molecule has 56 heavy (non-hydrogen) atoms. The number of sulfone groups is 1. The van der Waals surface area contributed by atoms with E-state index in [1.54, 1.807) is 58.9 Å². The van der Waals surface area contributed by atoms with Crippen LogP contribution in [0.4, 0.5) is 0 Å². The van der Waals surface area contributed by atoms with Crippen LogP contribution in [0.15, 0.2) is 24.3 Å². The molecule has 0 aliphatic carbocycles. The average Bonchev–Trinajstić information content (AvgIpc) is 3.05. The Hall–Kier alpha value is -4.56. The predicted molar refractivity (Wildman–Crippen MR) is 208 cm³/mol. The van der Waals surface area contributed by atoms with Gasteiger partial charge in [-0.2, -0.15) is 0 Å². The lowest BCUT2D eigenvalue weighted by Gasteiger charge is -2.34. The molecule has 1 aromatic rings. The summed E-state index contributed by atoms with van der Waals surface area (Å²) in [6, 6.07) is -0.108. The second kappa shape index (κ2) is 22.3. The van der Waals surface area contributed by atoms with Crippen molar-refractivity contribution in [1.29, 1.82) is 0 Å². The molecule has 0 fully saturated rings. The van der Waals surface area contributed by atoms with Crippen LogP contribution in [0.3, 0.4) is 0 Å². The lowest BCUT2D eigenvalue weighted by molar-refractivity contribution is -0.141. The highest BCUT2D eigenvalue weighted by Crippen LogP contribution is 2.21. The number of aryl methyl sites for hydroxylation is 1. The van der Waals surface area contributed by atoms with Gasteiger partial charge in [-0.15, -0.1) is 0 Å². The third kappa shape index (κ3) is 17.9. The molecule has 0 aliphatic heterocycles. The van der Waals surface area contributed by atoms with Gasteiger partial charge in [0.25, 0.3) is 0 Å². The van der Waals surface area contributed by atoms with Crippen molar-refractivity contribution in [2.75, 3.05) is 12.0 Å². The number of nitrogens with one attached hydrogen (secondary N) is 6. The predicted octanol–water partition coefficient (Wildman–Crippen LogP) is -1.11. The Morgan fingerprint density at radius 3 is 1.77 bits per heavy atom. The highest BCUT2D eigenvalue weighted by molar-refractivity contribution is 7.90. The van der Waals surface area contributed by atoms with Crippen LogP contribution in [-0.4, -0.2) is 120 Å². The molecule has 0 saturated heterocycles. The molecule has 0 saturated carbocycles. The van der Waals surface area contributed by atoms with Crippen molar-refractivity contribution in [3.8, 4) is 0 Å². The van der Waals surface area contributed by atoms with Gasteiger partial charge in [-0.3, -0.25) is 33.6 Å². The van der Waals surface area contributed by atoms with Crippen molar-refractivity contribution in [2.24, 2.45) is 11.3 Å². The summed E-state index contributed by atoms with van der Waals surface area (Å²) in [6.45, 7) is 13.1. The molecule has 18 nitrogen and oxygen atoms in total. The molecule has 9 N–H and O–H groups in total. The minimum Gasteiger partial charge on any atom is -0.481 e. The van der Waals surface area contributed by atoms with E-state index in [0.29, 0.717) is 5.56 Å². The van der Waals surface area contributed by atoms with Crippen molar-refractivity contribution in [2.45, 2.75) is 124 Å². The molecule has 0 bridgehead atoms. The molecule has 6 amide bonds. The summed E-state index contributed by atoms with van der Waals surface area (Å²) in [7, 11) is -5.54. The Morgan fingerprint density at radius 1 is 0.768 bits per heavy atom. The van der Waals surface area contributed by atoms with Crippen molar-refractivity contribution >= 4 is 58.4 Å². The monoisotopic (exact) mass is 810 g/mol. The molecular formula is C36H59BN6O12S. The summed E-state index contributed by atoms with van der Waals surface area (Å²) in [4.78, 5) is 91.5. The van der Waals surface area contributed by atoms with Gasteiger partial charge in [0.15, 0.2) is 0 Å². The minimum atomic E-state index is -3.70. The van der Waals surface area contributed by atoms with Gasteiger partial charge in [-0.1, -0.05) is 65.8 Å². The first-order valence-electron chi connectivity index (χ1n) is 18.3. The van der Waals surface area contributed by atoms with E-state index in [9.17, 15) is 57.1 Å². The van der Waals surface area contributed by atoms with E-state index < -0.39 is 119 Å². The van der Waals surface area contributed by atoms with Crippen LogP contribution < -0.4 is 31.9 Å². The van der Waals surface area contributed by atoms with Gasteiger partial charge in [0.1, 0.15) is 40.0 Å². The van der Waals surface area contributed by atoms with E-state index in [1.165, 1.54) is 0 Å². The summed E-state index contributed by atoms with van der Waals surface area (Å²) in [5.74, 6) is -8.19. The third-order valence-corrected chi connectivity index (χ3v) is 9.66. The summed E-state index contributed by atoms with van der Waals surface area (Å²) in [6.07, 6.45) is -0.174. The van der Waals surface area contributed by atoms with Crippen molar-refractivity contribution < 1.29 is 57.1 Å². The quantitative estimate of drug-likeness (QED) is 0.0631. The maximum atomic E-state index is 14.2. The van der Waals surface area contributed by atoms with Crippen LogP contribution in [0.25, 0.3) is 0 Å². The molecule has 1 rings (SSSR count). The standard InChI is InChI=1S/C36H59BN6O12S/c1-10-28(37(52)53)42-33(49)25(17-20(2)3)41-35(51)30(36(6,7)8)43-34(50)26(18-23-14-12-11-13-21(23)4)40-31(47)24(15-16-56(9,54)55)39-32(48)27(19-29(45)46)38-22(5)44/h11-14,20,24-28,30,52-53H,10,15-19H2,1-9H3,(H,38,44)(H,39,48)(H,40,47)(H,41,51)(H,42,49)(H,43,50)(H,45,46)/t24-,25-,26-,27-,28-,30+/m0/s1. The van der Waals surface area contributed by atoms with Crippen LogP contribution in [-0.2, 0) is 49.8 Å². The summed E-state index contributed by atoms with van der Waals surface area (Å²) in [5, 5.41) is 43.6. The molecule has 0 aliphatic rings. The van der Waals surface area contributed by atoms with Crippen LogP contribution in [0, 0.1) is 18.3 Å². The number of hydrogen-bond donors (Lipinski definition) is 9. The zero-order valence-electron chi connectivity index (χ0n) is 33.6. The van der Waals surface area contributed by atoms with Crippen LogP contribution in [0.2, 0.25) is 0 Å². The molecule has 20 heteroatoms. The second-order valence-corrected chi connectivity index (χ2v) is 17.7. The van der Waals surface area contributed by atoms with Gasteiger partial charge < -0.3 is 47.1 Å². The Labute approximate surface area is 329 Å². The van der Waals surface area contributed by atoms with Crippen LogP contribution in [0.1, 0.15) is 85.3 Å². The Kier molecular flexibility index (Phi) is 19.7. The van der Waals surface area contributed by atoms with E-state index in [0.717, 1.165) is 18.7 Å². The highest BCUT2D eigenvalue weighted by Gasteiger charge is 2.38. The first-order valence-corrected chi connectivity index (χ1v) is 20.4. The van der Waals surface area contributed by atoms with E-state index in [-0.39, 0.29) is 25.2 Å². The third-order valence-electron chi connectivity index (χ3n) is 8.68. The van der Waals surface area contributed by atoms with Crippen molar-refractivity contribution in [1.82, 2.24) is 31.9 Å². The Morgan fingerprint density at radius 2 is 1.29 bits per heavy atom. The number of carbonyl (C=O) groups is 7. The van der Waals surface area contributed by atoms with Gasteiger partial charge in [0.05, 0.1) is 18.1 Å². The number of carboxylic acids is 1. The molecule has 6 atom stereocenters. The van der Waals surface area contributed by atoms with Crippen LogP contribution >= 0.6 is 0 Å². The fourth-order valence-corrected chi connectivity index (χ4v) is 6.25. The van der Waals surface area contributed by atoms with Gasteiger partial charge in [-0.25, -0.2) is 8.42 Å². The number of aliphatic carboxylic acids is 1. The van der Waals surface area contributed by atoms with Crippen molar-refractivity contribution in [3.63, 3.8) is 0 Å². The fourth-order valence-electron chi connectivity index (χ4n) is 5.59.